The molecule has 0 unspecified atom stereocenters. The number of carbonyl (C=O) groups is 1. The van der Waals surface area contributed by atoms with Crippen LogP contribution in [-0.2, 0) is 4.79 Å². The predicted molar refractivity (Wildman–Crippen MR) is 112 cm³/mol. The molecule has 1 aliphatic rings. The lowest BCUT2D eigenvalue weighted by Gasteiger charge is -2.26. The quantitative estimate of drug-likeness (QED) is 0.466. The first kappa shape index (κ1) is 20.1. The van der Waals surface area contributed by atoms with Gasteiger partial charge in [0.05, 0.1) is 11.8 Å². The largest absolute Gasteiger partial charge is 0.337 e. The Kier molecular flexibility index (Phi) is 7.10. The molecule has 0 radical (unpaired) electrons. The number of rotatable bonds is 6. The van der Waals surface area contributed by atoms with E-state index in [-0.39, 0.29) is 11.7 Å². The van der Waals surface area contributed by atoms with Gasteiger partial charge in [-0.2, -0.15) is 5.26 Å². The second kappa shape index (κ2) is 9.53. The normalized spacial score (nSPS) is 16.1. The SMILES string of the molecule is N#CC1(NC(=O)CSc2nnc(Nc3cccc(Br)c3)s2)CCCCCC1. The molecule has 0 aliphatic heterocycles. The van der Waals surface area contributed by atoms with Crippen molar-refractivity contribution in [3.8, 4) is 6.07 Å². The van der Waals surface area contributed by atoms with Crippen LogP contribution in [0.5, 0.6) is 0 Å². The van der Waals surface area contributed by atoms with Crippen molar-refractivity contribution in [2.75, 3.05) is 11.1 Å². The maximum absolute atomic E-state index is 12.3. The molecule has 0 spiro atoms. The van der Waals surface area contributed by atoms with E-state index >= 15 is 0 Å². The second-order valence-corrected chi connectivity index (χ2v) is 9.57. The lowest BCUT2D eigenvalue weighted by atomic mass is 9.92. The molecule has 6 nitrogen and oxygen atoms in total. The minimum atomic E-state index is -0.706. The number of amides is 1. The summed E-state index contributed by atoms with van der Waals surface area (Å²) in [5.74, 6) is 0.106. The Morgan fingerprint density at radius 1 is 1.30 bits per heavy atom. The smallest absolute Gasteiger partial charge is 0.231 e. The fourth-order valence-corrected chi connectivity index (χ4v) is 5.01. The van der Waals surface area contributed by atoms with Crippen molar-refractivity contribution in [2.24, 2.45) is 0 Å². The lowest BCUT2D eigenvalue weighted by Crippen LogP contribution is -2.47. The van der Waals surface area contributed by atoms with E-state index in [2.05, 4.69) is 42.8 Å². The number of hydrogen-bond donors (Lipinski definition) is 2. The van der Waals surface area contributed by atoms with Crippen molar-refractivity contribution in [2.45, 2.75) is 48.4 Å². The molecule has 0 saturated heterocycles. The fourth-order valence-electron chi connectivity index (χ4n) is 3.04. The van der Waals surface area contributed by atoms with Gasteiger partial charge in [0.1, 0.15) is 5.54 Å². The van der Waals surface area contributed by atoms with Crippen molar-refractivity contribution in [1.29, 1.82) is 5.26 Å². The number of benzene rings is 1. The Morgan fingerprint density at radius 2 is 2.07 bits per heavy atom. The summed E-state index contributed by atoms with van der Waals surface area (Å²) in [4.78, 5) is 12.3. The highest BCUT2D eigenvalue weighted by atomic mass is 79.9. The maximum atomic E-state index is 12.3. The molecule has 2 N–H and O–H groups in total. The monoisotopic (exact) mass is 465 g/mol. The Balaban J connectivity index is 1.52. The summed E-state index contributed by atoms with van der Waals surface area (Å²) in [6, 6.07) is 10.1. The van der Waals surface area contributed by atoms with Gasteiger partial charge in [0.2, 0.25) is 11.0 Å². The van der Waals surface area contributed by atoms with Gasteiger partial charge in [0, 0.05) is 10.2 Å². The number of carbonyl (C=O) groups excluding carboxylic acids is 1. The number of nitrogens with one attached hydrogen (secondary N) is 2. The van der Waals surface area contributed by atoms with Crippen LogP contribution in [0.4, 0.5) is 10.8 Å². The van der Waals surface area contributed by atoms with E-state index in [0.717, 1.165) is 53.0 Å². The maximum Gasteiger partial charge on any atom is 0.231 e. The summed E-state index contributed by atoms with van der Waals surface area (Å²) in [7, 11) is 0. The standard InChI is InChI=1S/C18H20BrN5OS2/c19-13-6-5-7-14(10-13)21-16-23-24-17(27-16)26-11-15(25)22-18(12-20)8-3-1-2-4-9-18/h5-7,10H,1-4,8-9,11H2,(H,21,23)(H,22,25). The van der Waals surface area contributed by atoms with Crippen molar-refractivity contribution in [3.05, 3.63) is 28.7 Å². The number of halogens is 1. The molecule has 142 valence electrons. The third-order valence-corrected chi connectivity index (χ3v) is 6.82. The van der Waals surface area contributed by atoms with Crippen molar-refractivity contribution >= 4 is 55.8 Å². The van der Waals surface area contributed by atoms with Crippen LogP contribution in [0.15, 0.2) is 33.1 Å². The van der Waals surface area contributed by atoms with Gasteiger partial charge in [-0.15, -0.1) is 10.2 Å². The zero-order valence-electron chi connectivity index (χ0n) is 14.7. The van der Waals surface area contributed by atoms with Crippen molar-refractivity contribution in [3.63, 3.8) is 0 Å². The highest BCUT2D eigenvalue weighted by Crippen LogP contribution is 2.29. The number of aromatic nitrogens is 2. The molecule has 27 heavy (non-hydrogen) atoms. The van der Waals surface area contributed by atoms with Crippen LogP contribution >= 0.6 is 39.0 Å². The highest BCUT2D eigenvalue weighted by molar-refractivity contribution is 9.10. The van der Waals surface area contributed by atoms with E-state index < -0.39 is 5.54 Å². The second-order valence-electron chi connectivity index (χ2n) is 6.45. The van der Waals surface area contributed by atoms with E-state index in [1.807, 2.05) is 24.3 Å². The molecule has 1 fully saturated rings. The third kappa shape index (κ3) is 5.92. The summed E-state index contributed by atoms with van der Waals surface area (Å²) >= 11 is 6.17. The topological polar surface area (TPSA) is 90.7 Å². The van der Waals surface area contributed by atoms with Gasteiger partial charge in [0.15, 0.2) is 4.34 Å². The first-order valence-corrected chi connectivity index (χ1v) is 11.4. The average molecular weight is 466 g/mol. The third-order valence-electron chi connectivity index (χ3n) is 4.36. The van der Waals surface area contributed by atoms with Gasteiger partial charge in [-0.1, -0.05) is 70.8 Å². The van der Waals surface area contributed by atoms with Gasteiger partial charge >= 0.3 is 0 Å². The van der Waals surface area contributed by atoms with E-state index in [0.29, 0.717) is 5.13 Å². The summed E-state index contributed by atoms with van der Waals surface area (Å²) in [5, 5.41) is 24.6. The summed E-state index contributed by atoms with van der Waals surface area (Å²) < 4.78 is 1.70. The van der Waals surface area contributed by atoms with E-state index in [1.54, 1.807) is 0 Å². The van der Waals surface area contributed by atoms with Crippen molar-refractivity contribution < 1.29 is 4.79 Å². The molecule has 9 heteroatoms. The molecule has 0 bridgehead atoms. The average Bonchev–Trinajstić information content (AvgIpc) is 2.96. The van der Waals surface area contributed by atoms with Crippen LogP contribution in [0, 0.1) is 11.3 Å². The number of nitriles is 1. The molecule has 1 aliphatic carbocycles. The highest BCUT2D eigenvalue weighted by Gasteiger charge is 2.32. The van der Waals surface area contributed by atoms with Crippen LogP contribution in [0.1, 0.15) is 38.5 Å². The summed E-state index contributed by atoms with van der Waals surface area (Å²) in [6.07, 6.45) is 5.71. The Bertz CT molecular complexity index is 827. The molecule has 1 amide bonds. The van der Waals surface area contributed by atoms with Crippen LogP contribution in [-0.4, -0.2) is 27.4 Å². The van der Waals surface area contributed by atoms with Crippen LogP contribution < -0.4 is 10.6 Å². The molecule has 2 aromatic rings. The number of hydrogen-bond acceptors (Lipinski definition) is 7. The zero-order chi connectivity index (χ0) is 19.1. The van der Waals surface area contributed by atoms with Gasteiger partial charge in [-0.25, -0.2) is 0 Å². The Morgan fingerprint density at radius 3 is 2.78 bits per heavy atom. The molecule has 3 rings (SSSR count). The summed E-state index contributed by atoms with van der Waals surface area (Å²) in [5.41, 5.74) is 0.210. The Labute approximate surface area is 175 Å². The minimum Gasteiger partial charge on any atom is -0.337 e. The fraction of sp³-hybridized carbons (Fsp3) is 0.444. The summed E-state index contributed by atoms with van der Waals surface area (Å²) in [6.45, 7) is 0. The molecule has 0 atom stereocenters. The zero-order valence-corrected chi connectivity index (χ0v) is 17.9. The van der Waals surface area contributed by atoms with E-state index in [4.69, 9.17) is 0 Å². The van der Waals surface area contributed by atoms with E-state index in [1.165, 1.54) is 23.1 Å². The van der Waals surface area contributed by atoms with Gasteiger partial charge in [-0.3, -0.25) is 4.79 Å². The van der Waals surface area contributed by atoms with Crippen LogP contribution in [0.3, 0.4) is 0 Å². The van der Waals surface area contributed by atoms with Crippen LogP contribution in [0.25, 0.3) is 0 Å². The Hall–Kier alpha value is -1.63. The lowest BCUT2D eigenvalue weighted by molar-refractivity contribution is -0.120. The molecular formula is C18H20BrN5OS2. The number of thioether (sulfide) groups is 1. The number of anilines is 2. The predicted octanol–water partition coefficient (Wildman–Crippen LogP) is 4.87. The first-order valence-electron chi connectivity index (χ1n) is 8.80. The van der Waals surface area contributed by atoms with Gasteiger partial charge in [0.25, 0.3) is 0 Å². The molecule has 1 saturated carbocycles. The minimum absolute atomic E-state index is 0.125. The molecule has 1 aromatic carbocycles. The van der Waals surface area contributed by atoms with Crippen LogP contribution in [0.2, 0.25) is 0 Å². The van der Waals surface area contributed by atoms with Crippen molar-refractivity contribution in [1.82, 2.24) is 15.5 Å². The number of nitrogens with zero attached hydrogens (tertiary/aromatic N) is 3. The molecular weight excluding hydrogens is 446 g/mol. The molecule has 1 aromatic heterocycles. The van der Waals surface area contributed by atoms with Gasteiger partial charge < -0.3 is 10.6 Å². The molecule has 1 heterocycles. The van der Waals surface area contributed by atoms with E-state index in [9.17, 15) is 10.1 Å². The van der Waals surface area contributed by atoms with Gasteiger partial charge in [-0.05, 0) is 31.0 Å². The first-order chi connectivity index (χ1) is 13.1.